The van der Waals surface area contributed by atoms with Crippen molar-refractivity contribution in [3.8, 4) is 5.75 Å². The highest BCUT2D eigenvalue weighted by atomic mass is 35.5. The number of ether oxygens (including phenoxy) is 1. The molecule has 7 heteroatoms. The lowest BCUT2D eigenvalue weighted by Crippen LogP contribution is -2.32. The predicted molar refractivity (Wildman–Crippen MR) is 105 cm³/mol. The van der Waals surface area contributed by atoms with Gasteiger partial charge in [-0.05, 0) is 30.7 Å². The van der Waals surface area contributed by atoms with Gasteiger partial charge in [-0.1, -0.05) is 35.3 Å². The second kappa shape index (κ2) is 8.92. The summed E-state index contributed by atoms with van der Waals surface area (Å²) in [5.74, 6) is 0.0341. The van der Waals surface area contributed by atoms with Crippen LogP contribution in [0, 0.1) is 6.92 Å². The topological polar surface area (TPSA) is 58.6 Å². The Balaban J connectivity index is 2.14. The largest absolute Gasteiger partial charge is 0.495 e. The summed E-state index contributed by atoms with van der Waals surface area (Å²) in [6, 6.07) is 10.4. The van der Waals surface area contributed by atoms with Gasteiger partial charge in [-0.2, -0.15) is 0 Å². The Morgan fingerprint density at radius 3 is 2.46 bits per heavy atom. The molecule has 26 heavy (non-hydrogen) atoms. The van der Waals surface area contributed by atoms with E-state index in [9.17, 15) is 9.59 Å². The summed E-state index contributed by atoms with van der Waals surface area (Å²) >= 11 is 12.2. The zero-order valence-corrected chi connectivity index (χ0v) is 16.3. The van der Waals surface area contributed by atoms with Crippen molar-refractivity contribution in [1.29, 1.82) is 0 Å². The maximum Gasteiger partial charge on any atom is 0.226 e. The van der Waals surface area contributed by atoms with Crippen molar-refractivity contribution in [1.82, 2.24) is 0 Å². The number of para-hydroxylation sites is 1. The van der Waals surface area contributed by atoms with Crippen molar-refractivity contribution < 1.29 is 14.3 Å². The molecule has 5 nitrogen and oxygen atoms in total. The van der Waals surface area contributed by atoms with Crippen LogP contribution in [0.1, 0.15) is 18.9 Å². The summed E-state index contributed by atoms with van der Waals surface area (Å²) in [6.45, 7) is 3.48. The lowest BCUT2D eigenvalue weighted by molar-refractivity contribution is -0.117. The SMILES string of the molecule is COc1cc(Cl)c(C)cc1N(CCC(=O)Nc1ccccc1Cl)C(C)=O. The first kappa shape index (κ1) is 20.1. The number of hydrogen-bond donors (Lipinski definition) is 1. The van der Waals surface area contributed by atoms with Crippen LogP contribution in [0.25, 0.3) is 0 Å². The van der Waals surface area contributed by atoms with Crippen LogP contribution in [0.4, 0.5) is 11.4 Å². The first-order chi connectivity index (χ1) is 12.3. The zero-order chi connectivity index (χ0) is 19.3. The fraction of sp³-hybridized carbons (Fsp3) is 0.263. The molecule has 0 spiro atoms. The summed E-state index contributed by atoms with van der Waals surface area (Å²) < 4.78 is 5.33. The smallest absolute Gasteiger partial charge is 0.226 e. The second-order valence-electron chi connectivity index (χ2n) is 5.72. The Bertz CT molecular complexity index is 824. The van der Waals surface area contributed by atoms with Gasteiger partial charge in [-0.15, -0.1) is 0 Å². The number of nitrogens with one attached hydrogen (secondary N) is 1. The van der Waals surface area contributed by atoms with E-state index in [-0.39, 0.29) is 24.8 Å². The van der Waals surface area contributed by atoms with Crippen molar-refractivity contribution in [3.63, 3.8) is 0 Å². The fourth-order valence-corrected chi connectivity index (χ4v) is 2.80. The molecule has 2 aromatic rings. The summed E-state index contributed by atoms with van der Waals surface area (Å²) in [4.78, 5) is 25.9. The summed E-state index contributed by atoms with van der Waals surface area (Å²) in [6.07, 6.45) is 0.107. The normalized spacial score (nSPS) is 10.3. The van der Waals surface area contributed by atoms with E-state index in [1.807, 2.05) is 6.92 Å². The number of nitrogens with zero attached hydrogens (tertiary/aromatic N) is 1. The summed E-state index contributed by atoms with van der Waals surface area (Å²) in [5, 5.41) is 3.75. The van der Waals surface area contributed by atoms with E-state index in [0.717, 1.165) is 5.56 Å². The molecule has 0 aliphatic heterocycles. The number of rotatable bonds is 6. The predicted octanol–water partition coefficient (Wildman–Crippen LogP) is 4.69. The Kier molecular flexibility index (Phi) is 6.89. The number of aryl methyl sites for hydroxylation is 1. The highest BCUT2D eigenvalue weighted by Gasteiger charge is 2.19. The van der Waals surface area contributed by atoms with Crippen LogP contribution in [0.2, 0.25) is 10.0 Å². The van der Waals surface area contributed by atoms with E-state index >= 15 is 0 Å². The van der Waals surface area contributed by atoms with Gasteiger partial charge in [-0.25, -0.2) is 0 Å². The van der Waals surface area contributed by atoms with Crippen molar-refractivity contribution in [3.05, 3.63) is 52.0 Å². The molecule has 0 aliphatic carbocycles. The quantitative estimate of drug-likeness (QED) is 0.772. The number of carbonyl (C=O) groups is 2. The highest BCUT2D eigenvalue weighted by Crippen LogP contribution is 2.34. The fourth-order valence-electron chi connectivity index (χ4n) is 2.46. The molecule has 1 N–H and O–H groups in total. The average Bonchev–Trinajstić information content (AvgIpc) is 2.59. The molecule has 0 bridgehead atoms. The minimum atomic E-state index is -0.242. The van der Waals surface area contributed by atoms with Crippen molar-refractivity contribution in [2.24, 2.45) is 0 Å². The number of amides is 2. The van der Waals surface area contributed by atoms with Gasteiger partial charge in [-0.3, -0.25) is 9.59 Å². The molecule has 0 heterocycles. The molecule has 0 saturated heterocycles. The van der Waals surface area contributed by atoms with E-state index in [1.54, 1.807) is 36.4 Å². The van der Waals surface area contributed by atoms with Crippen LogP contribution in [-0.4, -0.2) is 25.5 Å². The minimum Gasteiger partial charge on any atom is -0.495 e. The molecule has 138 valence electrons. The highest BCUT2D eigenvalue weighted by molar-refractivity contribution is 6.33. The Hall–Kier alpha value is -2.24. The van der Waals surface area contributed by atoms with Gasteiger partial charge in [0, 0.05) is 31.0 Å². The van der Waals surface area contributed by atoms with Crippen molar-refractivity contribution in [2.45, 2.75) is 20.3 Å². The van der Waals surface area contributed by atoms with Crippen LogP contribution < -0.4 is 15.0 Å². The monoisotopic (exact) mass is 394 g/mol. The second-order valence-corrected chi connectivity index (χ2v) is 6.54. The molecule has 0 saturated carbocycles. The number of carbonyl (C=O) groups excluding carboxylic acids is 2. The Labute approximate surface area is 162 Å². The Morgan fingerprint density at radius 2 is 1.85 bits per heavy atom. The van der Waals surface area contributed by atoms with Gasteiger partial charge >= 0.3 is 0 Å². The number of anilines is 2. The summed E-state index contributed by atoms with van der Waals surface area (Å²) in [7, 11) is 1.51. The average molecular weight is 395 g/mol. The third kappa shape index (κ3) is 4.90. The maximum absolute atomic E-state index is 12.2. The van der Waals surface area contributed by atoms with Crippen LogP contribution in [0.3, 0.4) is 0 Å². The van der Waals surface area contributed by atoms with Gasteiger partial charge in [0.05, 0.1) is 23.5 Å². The molecular formula is C19H20Cl2N2O3. The van der Waals surface area contributed by atoms with Crippen LogP contribution in [0.5, 0.6) is 5.75 Å². The Morgan fingerprint density at radius 1 is 1.15 bits per heavy atom. The van der Waals surface area contributed by atoms with Gasteiger partial charge in [0.15, 0.2) is 0 Å². The van der Waals surface area contributed by atoms with E-state index in [4.69, 9.17) is 27.9 Å². The number of halogens is 2. The van der Waals surface area contributed by atoms with Gasteiger partial charge in [0.1, 0.15) is 5.75 Å². The van der Waals surface area contributed by atoms with E-state index in [2.05, 4.69) is 5.32 Å². The van der Waals surface area contributed by atoms with E-state index < -0.39 is 0 Å². The van der Waals surface area contributed by atoms with Crippen molar-refractivity contribution in [2.75, 3.05) is 23.9 Å². The lowest BCUT2D eigenvalue weighted by atomic mass is 10.1. The number of benzene rings is 2. The standard InChI is InChI=1S/C19H20Cl2N2O3/c1-12-10-17(18(26-3)11-15(12)21)23(13(2)24)9-8-19(25)22-16-7-5-4-6-14(16)20/h4-7,10-11H,8-9H2,1-3H3,(H,22,25). The van der Waals surface area contributed by atoms with E-state index in [0.29, 0.717) is 27.2 Å². The van der Waals surface area contributed by atoms with Gasteiger partial charge < -0.3 is 15.0 Å². The molecule has 0 radical (unpaired) electrons. The molecule has 0 atom stereocenters. The van der Waals surface area contributed by atoms with Crippen molar-refractivity contribution >= 4 is 46.4 Å². The molecular weight excluding hydrogens is 375 g/mol. The molecule has 0 unspecified atom stereocenters. The first-order valence-corrected chi connectivity index (χ1v) is 8.75. The third-order valence-electron chi connectivity index (χ3n) is 3.84. The third-order valence-corrected chi connectivity index (χ3v) is 4.58. The van der Waals surface area contributed by atoms with Crippen LogP contribution >= 0.6 is 23.2 Å². The zero-order valence-electron chi connectivity index (χ0n) is 14.8. The molecule has 2 rings (SSSR count). The molecule has 2 amide bonds. The van der Waals surface area contributed by atoms with Crippen LogP contribution in [0.15, 0.2) is 36.4 Å². The molecule has 0 aliphatic rings. The van der Waals surface area contributed by atoms with Crippen LogP contribution in [-0.2, 0) is 9.59 Å². The first-order valence-electron chi connectivity index (χ1n) is 8.00. The molecule has 0 fully saturated rings. The lowest BCUT2D eigenvalue weighted by Gasteiger charge is -2.24. The maximum atomic E-state index is 12.2. The minimum absolute atomic E-state index is 0.107. The summed E-state index contributed by atoms with van der Waals surface area (Å²) in [5.41, 5.74) is 1.93. The molecule has 0 aromatic heterocycles. The number of hydrogen-bond acceptors (Lipinski definition) is 3. The van der Waals surface area contributed by atoms with E-state index in [1.165, 1.54) is 18.9 Å². The van der Waals surface area contributed by atoms with Gasteiger partial charge in [0.25, 0.3) is 0 Å². The number of methoxy groups -OCH3 is 1. The molecule has 2 aromatic carbocycles. The van der Waals surface area contributed by atoms with Gasteiger partial charge in [0.2, 0.25) is 11.8 Å².